The van der Waals surface area contributed by atoms with E-state index in [1.165, 1.54) is 33.4 Å². The third-order valence-electron chi connectivity index (χ3n) is 5.30. The van der Waals surface area contributed by atoms with Crippen LogP contribution in [-0.2, 0) is 13.6 Å². The summed E-state index contributed by atoms with van der Waals surface area (Å²) >= 11 is 0. The molecule has 0 N–H and O–H groups in total. The number of hydrogen-bond donors (Lipinski definition) is 0. The monoisotopic (exact) mass is 324 g/mol. The van der Waals surface area contributed by atoms with Crippen LogP contribution in [0.4, 0.5) is 0 Å². The number of benzene rings is 1. The van der Waals surface area contributed by atoms with Crippen LogP contribution < -0.4 is 9.13 Å². The van der Waals surface area contributed by atoms with Crippen molar-refractivity contribution in [2.75, 3.05) is 0 Å². The molecule has 0 bridgehead atoms. The third-order valence-corrected chi connectivity index (χ3v) is 5.30. The molecule has 4 nitrogen and oxygen atoms in total. The Labute approximate surface area is 144 Å². The van der Waals surface area contributed by atoms with Crippen molar-refractivity contribution < 1.29 is 9.13 Å². The molecule has 0 atom stereocenters. The van der Waals surface area contributed by atoms with E-state index in [1.807, 2.05) is 12.3 Å². The fourth-order valence-electron chi connectivity index (χ4n) is 4.24. The van der Waals surface area contributed by atoms with E-state index < -0.39 is 0 Å². The van der Waals surface area contributed by atoms with E-state index in [9.17, 15) is 0 Å². The number of aryl methyl sites for hydroxylation is 1. The Kier molecular flexibility index (Phi) is 2.31. The van der Waals surface area contributed by atoms with Crippen LogP contribution in [0.5, 0.6) is 0 Å². The Morgan fingerprint density at radius 1 is 1.04 bits per heavy atom. The Balaban J connectivity index is 1.95. The number of nitrogens with zero attached hydrogens (tertiary/aromatic N) is 4. The first-order chi connectivity index (χ1) is 12.3. The van der Waals surface area contributed by atoms with Crippen LogP contribution in [0.2, 0.25) is 0 Å². The minimum Gasteiger partial charge on any atom is -0.246 e. The minimum absolute atomic E-state index is 0.916. The summed E-state index contributed by atoms with van der Waals surface area (Å²) < 4.78 is 6.93. The van der Waals surface area contributed by atoms with E-state index in [1.54, 1.807) is 0 Å². The molecule has 4 aromatic heterocycles. The van der Waals surface area contributed by atoms with Crippen molar-refractivity contribution in [3.8, 4) is 11.3 Å². The summed E-state index contributed by atoms with van der Waals surface area (Å²) in [6.45, 7) is 0.916. The maximum atomic E-state index is 4.75. The summed E-state index contributed by atoms with van der Waals surface area (Å²) in [6, 6.07) is 17.0. The molecule has 4 heteroatoms. The van der Waals surface area contributed by atoms with Gasteiger partial charge in [-0.2, -0.15) is 8.97 Å². The standard InChI is InChI=1S/C21H16N4/c1-23-11-9-15-12-24-13-17(14-6-3-2-4-7-14)25-16-8-5-10-22-19(16)20(23)18(15)21(24)25/h2-11,13H,12H2,1H3/q+2. The van der Waals surface area contributed by atoms with Gasteiger partial charge in [-0.25, -0.2) is 9.55 Å². The van der Waals surface area contributed by atoms with Crippen molar-refractivity contribution in [1.82, 2.24) is 9.38 Å². The van der Waals surface area contributed by atoms with Gasteiger partial charge in [-0.1, -0.05) is 30.3 Å². The van der Waals surface area contributed by atoms with Gasteiger partial charge in [-0.15, -0.1) is 0 Å². The lowest BCUT2D eigenvalue weighted by molar-refractivity contribution is -0.657. The number of aromatic nitrogens is 4. The molecule has 1 aromatic carbocycles. The Morgan fingerprint density at radius 2 is 1.92 bits per heavy atom. The molecule has 0 fully saturated rings. The lowest BCUT2D eigenvalue weighted by atomic mass is 10.1. The van der Waals surface area contributed by atoms with Crippen molar-refractivity contribution >= 4 is 27.6 Å². The minimum atomic E-state index is 0.916. The molecule has 6 rings (SSSR count). The normalized spacial score (nSPS) is 12.8. The van der Waals surface area contributed by atoms with Gasteiger partial charge in [0.25, 0.3) is 5.52 Å². The van der Waals surface area contributed by atoms with Gasteiger partial charge < -0.3 is 0 Å². The first kappa shape index (κ1) is 13.1. The van der Waals surface area contributed by atoms with E-state index in [0.29, 0.717) is 0 Å². The Hall–Kier alpha value is -3.27. The highest BCUT2D eigenvalue weighted by molar-refractivity contribution is 6.07. The number of rotatable bonds is 1. The number of hydrogen-bond acceptors (Lipinski definition) is 1. The molecule has 1 aliphatic heterocycles. The van der Waals surface area contributed by atoms with Gasteiger partial charge in [0.05, 0.1) is 0 Å². The van der Waals surface area contributed by atoms with Gasteiger partial charge in [0.15, 0.2) is 22.9 Å². The molecule has 0 spiro atoms. The molecule has 0 unspecified atom stereocenters. The van der Waals surface area contributed by atoms with Crippen LogP contribution in [0.1, 0.15) is 5.56 Å². The molecule has 1 aliphatic rings. The number of pyridine rings is 3. The first-order valence-corrected chi connectivity index (χ1v) is 8.51. The molecule has 0 saturated carbocycles. The molecular formula is C21H16N4+2. The second-order valence-electron chi connectivity index (χ2n) is 6.71. The summed E-state index contributed by atoms with van der Waals surface area (Å²) in [5.74, 6) is 0. The zero-order valence-electron chi connectivity index (χ0n) is 13.8. The second-order valence-corrected chi connectivity index (χ2v) is 6.71. The lowest BCUT2D eigenvalue weighted by Crippen LogP contribution is -2.29. The van der Waals surface area contributed by atoms with Gasteiger partial charge >= 0.3 is 5.65 Å². The topological polar surface area (TPSA) is 25.1 Å². The highest BCUT2D eigenvalue weighted by Gasteiger charge is 2.34. The highest BCUT2D eigenvalue weighted by Crippen LogP contribution is 2.34. The summed E-state index contributed by atoms with van der Waals surface area (Å²) in [5, 5.41) is 1.32. The summed E-state index contributed by atoms with van der Waals surface area (Å²) in [5.41, 5.74) is 8.49. The van der Waals surface area contributed by atoms with Crippen LogP contribution in [0, 0.1) is 0 Å². The largest absolute Gasteiger partial charge is 0.302 e. The molecular weight excluding hydrogens is 308 g/mol. The predicted octanol–water partition coefficient (Wildman–Crippen LogP) is 2.78. The van der Waals surface area contributed by atoms with Crippen LogP contribution in [0.25, 0.3) is 38.8 Å². The van der Waals surface area contributed by atoms with Gasteiger partial charge in [0, 0.05) is 23.4 Å². The van der Waals surface area contributed by atoms with E-state index in [4.69, 9.17) is 4.98 Å². The summed E-state index contributed by atoms with van der Waals surface area (Å²) in [7, 11) is 2.10. The molecule has 0 saturated heterocycles. The van der Waals surface area contributed by atoms with E-state index in [-0.39, 0.29) is 0 Å². The SMILES string of the molecule is C[n+]1ccc2c3c1c1ncccc1n1c(-c4ccccc4)c[n+](c31)C2. The molecule has 0 amide bonds. The molecule has 0 aliphatic carbocycles. The average Bonchev–Trinajstić information content (AvgIpc) is 3.20. The van der Waals surface area contributed by atoms with Crippen molar-refractivity contribution in [3.05, 3.63) is 72.7 Å². The van der Waals surface area contributed by atoms with Gasteiger partial charge in [0.1, 0.15) is 25.2 Å². The van der Waals surface area contributed by atoms with Crippen LogP contribution in [-0.4, -0.2) is 9.38 Å². The zero-order chi connectivity index (χ0) is 16.5. The fraction of sp³-hybridized carbons (Fsp3) is 0.0952. The smallest absolute Gasteiger partial charge is 0.246 e. The second kappa shape index (κ2) is 4.42. The van der Waals surface area contributed by atoms with E-state index in [0.717, 1.165) is 17.6 Å². The zero-order valence-corrected chi connectivity index (χ0v) is 13.8. The maximum Gasteiger partial charge on any atom is 0.302 e. The van der Waals surface area contributed by atoms with Crippen molar-refractivity contribution in [3.63, 3.8) is 0 Å². The van der Waals surface area contributed by atoms with Crippen LogP contribution in [0.15, 0.2) is 67.1 Å². The first-order valence-electron chi connectivity index (χ1n) is 8.51. The fourth-order valence-corrected chi connectivity index (χ4v) is 4.24. The van der Waals surface area contributed by atoms with E-state index >= 15 is 0 Å². The van der Waals surface area contributed by atoms with Crippen molar-refractivity contribution in [2.45, 2.75) is 6.54 Å². The van der Waals surface area contributed by atoms with Gasteiger partial charge in [0.2, 0.25) is 0 Å². The van der Waals surface area contributed by atoms with Gasteiger partial charge in [-0.3, -0.25) is 0 Å². The Morgan fingerprint density at radius 3 is 2.80 bits per heavy atom. The van der Waals surface area contributed by atoms with Crippen molar-refractivity contribution in [1.29, 1.82) is 0 Å². The maximum absolute atomic E-state index is 4.75. The van der Waals surface area contributed by atoms with Crippen molar-refractivity contribution in [2.24, 2.45) is 7.05 Å². The van der Waals surface area contributed by atoms with E-state index in [2.05, 4.69) is 75.4 Å². The molecule has 25 heavy (non-hydrogen) atoms. The summed E-state index contributed by atoms with van der Waals surface area (Å²) in [4.78, 5) is 4.75. The van der Waals surface area contributed by atoms with Gasteiger partial charge in [-0.05, 0) is 12.1 Å². The Bertz CT molecular complexity index is 1320. The molecule has 0 radical (unpaired) electrons. The quantitative estimate of drug-likeness (QED) is 0.337. The predicted molar refractivity (Wildman–Crippen MR) is 96.1 cm³/mol. The lowest BCUT2D eigenvalue weighted by Gasteiger charge is -2.03. The average molecular weight is 324 g/mol. The molecule has 5 heterocycles. The third kappa shape index (κ3) is 1.54. The number of imidazole rings is 1. The number of fused-ring (bicyclic) bond motifs is 3. The van der Waals surface area contributed by atoms with Crippen LogP contribution in [0.3, 0.4) is 0 Å². The highest BCUT2D eigenvalue weighted by atomic mass is 15.1. The van der Waals surface area contributed by atoms with Crippen LogP contribution >= 0.6 is 0 Å². The molecule has 5 aromatic rings. The molecule has 118 valence electrons. The summed E-state index contributed by atoms with van der Waals surface area (Å²) in [6.07, 6.45) is 6.31.